The molecule has 0 amide bonds. The Morgan fingerprint density at radius 1 is 0.846 bits per heavy atom. The summed E-state index contributed by atoms with van der Waals surface area (Å²) in [7, 11) is 3.87. The Bertz CT molecular complexity index is 881. The standard InChI is InChI=1S/C21H21NO.C3H6/c1-15-8-4-5-11-18(15)16-9-6-10-17(14-16)19-12-7-13-20(21(19)23)22(2)3;1-3-2/h4-14,23H,1-3H3;3H,1H2,2H3. The predicted molar refractivity (Wildman–Crippen MR) is 114 cm³/mol. The molecule has 2 nitrogen and oxygen atoms in total. The van der Waals surface area contributed by atoms with Crippen LogP contribution >= 0.6 is 0 Å². The normalized spacial score (nSPS) is 9.85. The van der Waals surface area contributed by atoms with Crippen LogP contribution in [0.25, 0.3) is 22.3 Å². The Morgan fingerprint density at radius 2 is 1.38 bits per heavy atom. The fraction of sp³-hybridized carbons (Fsp3) is 0.167. The van der Waals surface area contributed by atoms with E-state index in [4.69, 9.17) is 0 Å². The van der Waals surface area contributed by atoms with E-state index in [9.17, 15) is 5.11 Å². The highest BCUT2D eigenvalue weighted by Crippen LogP contribution is 2.38. The summed E-state index contributed by atoms with van der Waals surface area (Å²) in [5.41, 5.74) is 6.33. The van der Waals surface area contributed by atoms with Crippen LogP contribution in [0, 0.1) is 6.92 Å². The summed E-state index contributed by atoms with van der Waals surface area (Å²) >= 11 is 0. The molecule has 0 aromatic heterocycles. The van der Waals surface area contributed by atoms with Crippen LogP contribution in [-0.4, -0.2) is 19.2 Å². The van der Waals surface area contributed by atoms with Crippen LogP contribution in [0.5, 0.6) is 5.75 Å². The van der Waals surface area contributed by atoms with Crippen LogP contribution in [0.2, 0.25) is 0 Å². The molecule has 3 rings (SSSR count). The number of allylic oxidation sites excluding steroid dienone is 1. The smallest absolute Gasteiger partial charge is 0.146 e. The van der Waals surface area contributed by atoms with Crippen molar-refractivity contribution in [2.24, 2.45) is 0 Å². The summed E-state index contributed by atoms with van der Waals surface area (Å²) in [5, 5.41) is 10.6. The zero-order chi connectivity index (χ0) is 19.1. The summed E-state index contributed by atoms with van der Waals surface area (Å²) in [6.45, 7) is 7.37. The maximum atomic E-state index is 10.6. The van der Waals surface area contributed by atoms with Gasteiger partial charge in [-0.2, -0.15) is 0 Å². The quantitative estimate of drug-likeness (QED) is 0.564. The second-order valence-electron chi connectivity index (χ2n) is 6.37. The van der Waals surface area contributed by atoms with Crippen LogP contribution in [-0.2, 0) is 0 Å². The lowest BCUT2D eigenvalue weighted by Gasteiger charge is -2.17. The number of anilines is 1. The van der Waals surface area contributed by atoms with Gasteiger partial charge in [0, 0.05) is 19.7 Å². The molecule has 0 aliphatic heterocycles. The number of phenolic OH excluding ortho intramolecular Hbond substituents is 1. The molecule has 0 atom stereocenters. The van der Waals surface area contributed by atoms with Gasteiger partial charge in [0.15, 0.2) is 0 Å². The number of para-hydroxylation sites is 1. The molecular weight excluding hydrogens is 318 g/mol. The van der Waals surface area contributed by atoms with E-state index >= 15 is 0 Å². The number of rotatable bonds is 3. The third kappa shape index (κ3) is 4.34. The van der Waals surface area contributed by atoms with E-state index in [-0.39, 0.29) is 0 Å². The number of aryl methyl sites for hydroxylation is 1. The van der Waals surface area contributed by atoms with Gasteiger partial charge in [-0.25, -0.2) is 0 Å². The molecule has 0 aliphatic rings. The monoisotopic (exact) mass is 345 g/mol. The van der Waals surface area contributed by atoms with Gasteiger partial charge in [0.2, 0.25) is 0 Å². The van der Waals surface area contributed by atoms with E-state index in [1.54, 1.807) is 6.08 Å². The van der Waals surface area contributed by atoms with Gasteiger partial charge in [-0.15, -0.1) is 6.58 Å². The first kappa shape index (κ1) is 19.3. The molecule has 0 radical (unpaired) electrons. The Kier molecular flexibility index (Phi) is 6.62. The van der Waals surface area contributed by atoms with Crippen molar-refractivity contribution in [2.75, 3.05) is 19.0 Å². The van der Waals surface area contributed by atoms with E-state index in [1.807, 2.05) is 56.3 Å². The molecule has 0 saturated heterocycles. The van der Waals surface area contributed by atoms with Gasteiger partial charge in [0.1, 0.15) is 5.75 Å². The zero-order valence-corrected chi connectivity index (χ0v) is 16.0. The van der Waals surface area contributed by atoms with Gasteiger partial charge in [-0.1, -0.05) is 60.7 Å². The number of hydrogen-bond donors (Lipinski definition) is 1. The Labute approximate surface area is 157 Å². The van der Waals surface area contributed by atoms with Crippen molar-refractivity contribution < 1.29 is 5.11 Å². The molecule has 1 N–H and O–H groups in total. The number of aromatic hydroxyl groups is 1. The van der Waals surface area contributed by atoms with Crippen molar-refractivity contribution in [2.45, 2.75) is 13.8 Å². The van der Waals surface area contributed by atoms with Crippen molar-refractivity contribution >= 4 is 5.69 Å². The van der Waals surface area contributed by atoms with Crippen LogP contribution in [0.3, 0.4) is 0 Å². The average Bonchev–Trinajstić information content (AvgIpc) is 2.63. The molecule has 2 heteroatoms. The maximum Gasteiger partial charge on any atom is 0.146 e. The number of phenols is 1. The molecule has 0 saturated carbocycles. The second-order valence-corrected chi connectivity index (χ2v) is 6.37. The summed E-state index contributed by atoms with van der Waals surface area (Å²) in [5.74, 6) is 0.319. The summed E-state index contributed by atoms with van der Waals surface area (Å²) < 4.78 is 0. The van der Waals surface area contributed by atoms with E-state index in [0.717, 1.165) is 22.4 Å². The molecule has 3 aromatic carbocycles. The van der Waals surface area contributed by atoms with Gasteiger partial charge >= 0.3 is 0 Å². The Balaban J connectivity index is 0.000000758. The molecule has 134 valence electrons. The van der Waals surface area contributed by atoms with Gasteiger partial charge < -0.3 is 10.0 Å². The lowest BCUT2D eigenvalue weighted by atomic mass is 9.96. The number of benzene rings is 3. The molecule has 0 bridgehead atoms. The van der Waals surface area contributed by atoms with Crippen molar-refractivity contribution in [1.82, 2.24) is 0 Å². The first-order valence-electron chi connectivity index (χ1n) is 8.72. The van der Waals surface area contributed by atoms with Crippen molar-refractivity contribution in [3.05, 3.63) is 84.9 Å². The summed E-state index contributed by atoms with van der Waals surface area (Å²) in [6.07, 6.45) is 1.75. The average molecular weight is 345 g/mol. The molecule has 0 heterocycles. The molecule has 0 spiro atoms. The largest absolute Gasteiger partial charge is 0.505 e. The highest BCUT2D eigenvalue weighted by atomic mass is 16.3. The predicted octanol–water partition coefficient (Wildman–Crippen LogP) is 6.29. The molecular formula is C24H27NO. The first-order valence-corrected chi connectivity index (χ1v) is 8.72. The topological polar surface area (TPSA) is 23.5 Å². The van der Waals surface area contributed by atoms with Crippen LogP contribution in [0.4, 0.5) is 5.69 Å². The van der Waals surface area contributed by atoms with Crippen molar-refractivity contribution in [3.63, 3.8) is 0 Å². The minimum absolute atomic E-state index is 0.319. The van der Waals surface area contributed by atoms with Crippen LogP contribution in [0.1, 0.15) is 12.5 Å². The Hall–Kier alpha value is -3.00. The highest BCUT2D eigenvalue weighted by molar-refractivity contribution is 5.81. The third-order valence-electron chi connectivity index (χ3n) is 4.13. The van der Waals surface area contributed by atoms with Gasteiger partial charge in [-0.05, 0) is 48.2 Å². The maximum absolute atomic E-state index is 10.6. The lowest BCUT2D eigenvalue weighted by molar-refractivity contribution is 0.477. The lowest BCUT2D eigenvalue weighted by Crippen LogP contribution is -2.08. The van der Waals surface area contributed by atoms with E-state index in [1.165, 1.54) is 11.1 Å². The number of nitrogens with zero attached hydrogens (tertiary/aromatic N) is 1. The summed E-state index contributed by atoms with van der Waals surface area (Å²) in [4.78, 5) is 1.92. The molecule has 3 aromatic rings. The molecule has 26 heavy (non-hydrogen) atoms. The van der Waals surface area contributed by atoms with Crippen molar-refractivity contribution in [3.8, 4) is 28.0 Å². The van der Waals surface area contributed by atoms with E-state index < -0.39 is 0 Å². The third-order valence-corrected chi connectivity index (χ3v) is 4.13. The molecule has 0 fully saturated rings. The minimum Gasteiger partial charge on any atom is -0.505 e. The van der Waals surface area contributed by atoms with Crippen LogP contribution < -0.4 is 4.90 Å². The molecule has 0 aliphatic carbocycles. The van der Waals surface area contributed by atoms with E-state index in [2.05, 4.69) is 49.9 Å². The fourth-order valence-corrected chi connectivity index (χ4v) is 2.88. The highest BCUT2D eigenvalue weighted by Gasteiger charge is 2.11. The van der Waals surface area contributed by atoms with Gasteiger partial charge in [-0.3, -0.25) is 0 Å². The summed E-state index contributed by atoms with van der Waals surface area (Å²) in [6, 6.07) is 22.5. The first-order chi connectivity index (χ1) is 12.5. The zero-order valence-electron chi connectivity index (χ0n) is 16.0. The molecule has 0 unspecified atom stereocenters. The van der Waals surface area contributed by atoms with Crippen molar-refractivity contribution in [1.29, 1.82) is 0 Å². The van der Waals surface area contributed by atoms with Gasteiger partial charge in [0.25, 0.3) is 0 Å². The van der Waals surface area contributed by atoms with Crippen LogP contribution in [0.15, 0.2) is 79.4 Å². The Morgan fingerprint density at radius 3 is 2.00 bits per heavy atom. The second kappa shape index (κ2) is 8.91. The van der Waals surface area contributed by atoms with Gasteiger partial charge in [0.05, 0.1) is 5.69 Å². The SMILES string of the molecule is C=CC.Cc1ccccc1-c1cccc(-c2cccc(N(C)C)c2O)c1. The van der Waals surface area contributed by atoms with E-state index in [0.29, 0.717) is 5.75 Å². The fourth-order valence-electron chi connectivity index (χ4n) is 2.88. The number of hydrogen-bond acceptors (Lipinski definition) is 2. The minimum atomic E-state index is 0.319.